The molecule has 0 radical (unpaired) electrons. The van der Waals surface area contributed by atoms with Gasteiger partial charge in [-0.1, -0.05) is 0 Å². The van der Waals surface area contributed by atoms with Gasteiger partial charge in [-0.25, -0.2) is 4.79 Å². The van der Waals surface area contributed by atoms with Crippen LogP contribution in [0.1, 0.15) is 13.8 Å². The summed E-state index contributed by atoms with van der Waals surface area (Å²) in [6.07, 6.45) is -0.860. The molecule has 2 aliphatic rings. The lowest BCUT2D eigenvalue weighted by Gasteiger charge is -2.21. The van der Waals surface area contributed by atoms with Crippen molar-refractivity contribution < 1.29 is 14.7 Å². The first-order valence-corrected chi connectivity index (χ1v) is 5.86. The fourth-order valence-electron chi connectivity index (χ4n) is 2.79. The van der Waals surface area contributed by atoms with Crippen LogP contribution in [0.15, 0.2) is 0 Å². The van der Waals surface area contributed by atoms with Gasteiger partial charge in [0.25, 0.3) is 0 Å². The number of nitrogens with zero attached hydrogens (tertiary/aromatic N) is 2. The van der Waals surface area contributed by atoms with Crippen molar-refractivity contribution in [1.29, 1.82) is 0 Å². The Labute approximate surface area is 95.0 Å². The minimum absolute atomic E-state index is 0.0931. The van der Waals surface area contributed by atoms with Gasteiger partial charge in [0, 0.05) is 32.1 Å². The molecule has 2 amide bonds. The van der Waals surface area contributed by atoms with Gasteiger partial charge in [0.05, 0.1) is 0 Å². The summed E-state index contributed by atoms with van der Waals surface area (Å²) in [6.45, 7) is 6.52. The predicted molar refractivity (Wildman–Crippen MR) is 58.0 cm³/mol. The molecule has 2 rings (SSSR count). The van der Waals surface area contributed by atoms with Crippen LogP contribution in [-0.4, -0.2) is 53.1 Å². The SMILES string of the molecule is CCN(CC)C(=O)[C@H]1C2CN(C(=O)O)C[C@@H]21. The Morgan fingerprint density at radius 3 is 2.12 bits per heavy atom. The predicted octanol–water partition coefficient (Wildman–Crippen LogP) is 0.711. The van der Waals surface area contributed by atoms with E-state index >= 15 is 0 Å². The van der Waals surface area contributed by atoms with Gasteiger partial charge >= 0.3 is 6.09 Å². The second-order valence-corrected chi connectivity index (χ2v) is 4.55. The fourth-order valence-corrected chi connectivity index (χ4v) is 2.79. The number of hydrogen-bond acceptors (Lipinski definition) is 2. The van der Waals surface area contributed by atoms with E-state index in [2.05, 4.69) is 0 Å². The lowest BCUT2D eigenvalue weighted by Crippen LogP contribution is -2.36. The zero-order chi connectivity index (χ0) is 11.9. The van der Waals surface area contributed by atoms with Gasteiger partial charge in [-0.15, -0.1) is 0 Å². The summed E-state index contributed by atoms with van der Waals surface area (Å²) in [5.74, 6) is 0.869. The van der Waals surface area contributed by atoms with Crippen LogP contribution in [0, 0.1) is 17.8 Å². The Hall–Kier alpha value is -1.26. The van der Waals surface area contributed by atoms with E-state index in [1.165, 1.54) is 4.90 Å². The van der Waals surface area contributed by atoms with E-state index < -0.39 is 6.09 Å². The lowest BCUT2D eigenvalue weighted by atomic mass is 10.2. The van der Waals surface area contributed by atoms with Crippen LogP contribution in [0.25, 0.3) is 0 Å². The van der Waals surface area contributed by atoms with Crippen molar-refractivity contribution >= 4 is 12.0 Å². The third kappa shape index (κ3) is 1.64. The van der Waals surface area contributed by atoms with Gasteiger partial charge in [0.15, 0.2) is 0 Å². The minimum atomic E-state index is -0.860. The van der Waals surface area contributed by atoms with Crippen LogP contribution in [0.3, 0.4) is 0 Å². The summed E-state index contributed by atoms with van der Waals surface area (Å²) in [6, 6.07) is 0. The Bertz CT molecular complexity index is 302. The number of fused-ring (bicyclic) bond motifs is 1. The average molecular weight is 226 g/mol. The van der Waals surface area contributed by atoms with Crippen LogP contribution in [0.5, 0.6) is 0 Å². The molecule has 1 saturated heterocycles. The molecule has 3 atom stereocenters. The molecule has 2 fully saturated rings. The molecule has 5 nitrogen and oxygen atoms in total. The Kier molecular flexibility index (Phi) is 2.78. The van der Waals surface area contributed by atoms with Gasteiger partial charge < -0.3 is 14.9 Å². The van der Waals surface area contributed by atoms with E-state index in [9.17, 15) is 9.59 Å². The highest BCUT2D eigenvalue weighted by atomic mass is 16.4. The first kappa shape index (κ1) is 11.2. The number of amides is 2. The molecule has 0 spiro atoms. The zero-order valence-corrected chi connectivity index (χ0v) is 9.72. The van der Waals surface area contributed by atoms with E-state index in [0.29, 0.717) is 13.1 Å². The summed E-state index contributed by atoms with van der Waals surface area (Å²) in [5.41, 5.74) is 0. The molecule has 90 valence electrons. The zero-order valence-electron chi connectivity index (χ0n) is 9.72. The third-order valence-electron chi connectivity index (χ3n) is 3.82. The summed E-state index contributed by atoms with van der Waals surface area (Å²) in [5, 5.41) is 8.81. The quantitative estimate of drug-likeness (QED) is 0.771. The van der Waals surface area contributed by atoms with E-state index in [1.807, 2.05) is 18.7 Å². The smallest absolute Gasteiger partial charge is 0.407 e. The molecule has 1 heterocycles. The number of carbonyl (C=O) groups excluding carboxylic acids is 1. The van der Waals surface area contributed by atoms with Crippen LogP contribution >= 0.6 is 0 Å². The fraction of sp³-hybridized carbons (Fsp3) is 0.818. The first-order chi connectivity index (χ1) is 7.60. The number of likely N-dealkylation sites (tertiary alicyclic amines) is 1. The average Bonchev–Trinajstić information content (AvgIpc) is 2.74. The van der Waals surface area contributed by atoms with Crippen molar-refractivity contribution in [2.45, 2.75) is 13.8 Å². The number of hydrogen-bond donors (Lipinski definition) is 1. The van der Waals surface area contributed by atoms with E-state index in [4.69, 9.17) is 5.11 Å². The van der Waals surface area contributed by atoms with Crippen LogP contribution in [-0.2, 0) is 4.79 Å². The molecule has 1 N–H and O–H groups in total. The molecule has 1 saturated carbocycles. The van der Waals surface area contributed by atoms with Gasteiger partial charge in [0.1, 0.15) is 0 Å². The molecule has 5 heteroatoms. The summed E-state index contributed by atoms with van der Waals surface area (Å²) >= 11 is 0. The maximum absolute atomic E-state index is 12.0. The molecule has 1 aliphatic carbocycles. The normalized spacial score (nSPS) is 31.1. The Balaban J connectivity index is 1.90. The Morgan fingerprint density at radius 2 is 1.75 bits per heavy atom. The topological polar surface area (TPSA) is 60.9 Å². The van der Waals surface area contributed by atoms with Crippen LogP contribution in [0.2, 0.25) is 0 Å². The maximum Gasteiger partial charge on any atom is 0.407 e. The summed E-state index contributed by atoms with van der Waals surface area (Å²) < 4.78 is 0. The number of rotatable bonds is 3. The van der Waals surface area contributed by atoms with Gasteiger partial charge in [-0.2, -0.15) is 0 Å². The molecule has 0 aromatic carbocycles. The Morgan fingerprint density at radius 1 is 1.25 bits per heavy atom. The molecule has 1 aliphatic heterocycles. The third-order valence-corrected chi connectivity index (χ3v) is 3.82. The second-order valence-electron chi connectivity index (χ2n) is 4.55. The summed E-state index contributed by atoms with van der Waals surface area (Å²) in [7, 11) is 0. The van der Waals surface area contributed by atoms with Gasteiger partial charge in [0.2, 0.25) is 5.91 Å². The molecule has 0 aromatic rings. The van der Waals surface area contributed by atoms with Crippen LogP contribution < -0.4 is 0 Å². The van der Waals surface area contributed by atoms with Crippen molar-refractivity contribution in [3.05, 3.63) is 0 Å². The lowest BCUT2D eigenvalue weighted by molar-refractivity contribution is -0.133. The molecule has 1 unspecified atom stereocenters. The number of piperidine rings is 1. The number of carboxylic acid groups (broad SMARTS) is 1. The molecule has 0 bridgehead atoms. The summed E-state index contributed by atoms with van der Waals surface area (Å²) in [4.78, 5) is 26.0. The molecule has 0 aromatic heterocycles. The van der Waals surface area contributed by atoms with Crippen molar-refractivity contribution in [1.82, 2.24) is 9.80 Å². The molecular weight excluding hydrogens is 208 g/mol. The van der Waals surface area contributed by atoms with E-state index in [-0.39, 0.29) is 23.7 Å². The van der Waals surface area contributed by atoms with Gasteiger partial charge in [-0.05, 0) is 25.7 Å². The highest BCUT2D eigenvalue weighted by Gasteiger charge is 2.60. The highest BCUT2D eigenvalue weighted by Crippen LogP contribution is 2.52. The highest BCUT2D eigenvalue weighted by molar-refractivity contribution is 5.83. The molecule has 16 heavy (non-hydrogen) atoms. The first-order valence-electron chi connectivity index (χ1n) is 5.86. The monoisotopic (exact) mass is 226 g/mol. The van der Waals surface area contributed by atoms with E-state index in [1.54, 1.807) is 0 Å². The largest absolute Gasteiger partial charge is 0.465 e. The van der Waals surface area contributed by atoms with Crippen LogP contribution in [0.4, 0.5) is 4.79 Å². The van der Waals surface area contributed by atoms with Crippen molar-refractivity contribution in [2.75, 3.05) is 26.2 Å². The minimum Gasteiger partial charge on any atom is -0.465 e. The number of carbonyl (C=O) groups is 2. The molecular formula is C11H18N2O3. The van der Waals surface area contributed by atoms with Crippen molar-refractivity contribution in [2.24, 2.45) is 17.8 Å². The standard InChI is InChI=1S/C11H18N2O3/c1-3-12(4-2)10(14)9-7-5-13(11(15)16)6-8(7)9/h7-9H,3-6H2,1-2H3,(H,15,16)/t7-,8?,9+/m0/s1. The van der Waals surface area contributed by atoms with Gasteiger partial charge in [-0.3, -0.25) is 4.79 Å². The maximum atomic E-state index is 12.0. The van der Waals surface area contributed by atoms with E-state index in [0.717, 1.165) is 13.1 Å². The van der Waals surface area contributed by atoms with Crippen molar-refractivity contribution in [3.8, 4) is 0 Å². The van der Waals surface area contributed by atoms with Crippen molar-refractivity contribution in [3.63, 3.8) is 0 Å². The second kappa shape index (κ2) is 3.96.